The highest BCUT2D eigenvalue weighted by Crippen LogP contribution is 2.31. The standard InChI is InChI=1S/C11H14F2O3Si/c1-17(2,3)16-10-6-8(7-14)4-5-9(10)15-11(12)13/h4-7,11H,1-3H3. The molecule has 0 N–H and O–H groups in total. The SMILES string of the molecule is C[Si](C)(C)Oc1cc(C=O)ccc1OC(F)F. The van der Waals surface area contributed by atoms with Gasteiger partial charge in [0.05, 0.1) is 0 Å². The molecule has 1 aromatic rings. The molecule has 0 aliphatic heterocycles. The maximum atomic E-state index is 12.2. The quantitative estimate of drug-likeness (QED) is 0.602. The summed E-state index contributed by atoms with van der Waals surface area (Å²) >= 11 is 0. The maximum absolute atomic E-state index is 12.2. The number of rotatable bonds is 5. The highest BCUT2D eigenvalue weighted by atomic mass is 28.4. The van der Waals surface area contributed by atoms with Crippen LogP contribution in [0.1, 0.15) is 10.4 Å². The average Bonchev–Trinajstić information content (AvgIpc) is 2.17. The van der Waals surface area contributed by atoms with Gasteiger partial charge in [0.25, 0.3) is 0 Å². The normalized spacial score (nSPS) is 11.4. The summed E-state index contributed by atoms with van der Waals surface area (Å²) in [5, 5.41) is 0. The first-order chi connectivity index (χ1) is 7.81. The molecule has 0 aliphatic rings. The molecule has 0 atom stereocenters. The van der Waals surface area contributed by atoms with Gasteiger partial charge in [-0.05, 0) is 37.8 Å². The second kappa shape index (κ2) is 5.26. The van der Waals surface area contributed by atoms with Gasteiger partial charge in [-0.25, -0.2) is 0 Å². The molecule has 17 heavy (non-hydrogen) atoms. The zero-order valence-electron chi connectivity index (χ0n) is 9.87. The highest BCUT2D eigenvalue weighted by molar-refractivity contribution is 6.70. The summed E-state index contributed by atoms with van der Waals surface area (Å²) in [6.45, 7) is 2.81. The smallest absolute Gasteiger partial charge is 0.387 e. The molecule has 0 unspecified atom stereocenters. The molecule has 0 bridgehead atoms. The summed E-state index contributed by atoms with van der Waals surface area (Å²) < 4.78 is 34.3. The van der Waals surface area contributed by atoms with E-state index in [0.29, 0.717) is 11.8 Å². The fraction of sp³-hybridized carbons (Fsp3) is 0.364. The first-order valence-corrected chi connectivity index (χ1v) is 8.46. The van der Waals surface area contributed by atoms with Crippen molar-refractivity contribution in [2.75, 3.05) is 0 Å². The molecule has 1 aromatic carbocycles. The number of carbonyl (C=O) groups is 1. The Balaban J connectivity index is 3.07. The molecular weight excluding hydrogens is 246 g/mol. The van der Waals surface area contributed by atoms with E-state index in [1.54, 1.807) is 0 Å². The zero-order chi connectivity index (χ0) is 13.1. The molecule has 0 spiro atoms. The van der Waals surface area contributed by atoms with Crippen molar-refractivity contribution in [2.24, 2.45) is 0 Å². The summed E-state index contributed by atoms with van der Waals surface area (Å²) in [4.78, 5) is 10.6. The van der Waals surface area contributed by atoms with Gasteiger partial charge in [0, 0.05) is 5.56 Å². The summed E-state index contributed by atoms with van der Waals surface area (Å²) in [6, 6.07) is 4.12. The molecule has 0 aromatic heterocycles. The predicted octanol–water partition coefficient (Wildman–Crippen LogP) is 3.31. The third-order valence-electron chi connectivity index (χ3n) is 1.74. The van der Waals surface area contributed by atoms with Crippen LogP contribution < -0.4 is 9.16 Å². The molecule has 1 rings (SSSR count). The number of benzene rings is 1. The Hall–Kier alpha value is -1.43. The van der Waals surface area contributed by atoms with Crippen LogP contribution in [0.5, 0.6) is 11.5 Å². The minimum absolute atomic E-state index is 0.0481. The van der Waals surface area contributed by atoms with E-state index in [9.17, 15) is 13.6 Å². The van der Waals surface area contributed by atoms with E-state index >= 15 is 0 Å². The van der Waals surface area contributed by atoms with Crippen LogP contribution in [0.2, 0.25) is 19.6 Å². The van der Waals surface area contributed by atoms with Gasteiger partial charge in [-0.2, -0.15) is 8.78 Å². The number of hydrogen-bond acceptors (Lipinski definition) is 3. The number of ether oxygens (including phenoxy) is 1. The first kappa shape index (κ1) is 13.6. The summed E-state index contributed by atoms with van der Waals surface area (Å²) in [5.74, 6) is 0.141. The molecule has 6 heteroatoms. The molecule has 0 fully saturated rings. The van der Waals surface area contributed by atoms with E-state index in [1.165, 1.54) is 18.2 Å². The number of aldehydes is 1. The zero-order valence-corrected chi connectivity index (χ0v) is 10.9. The summed E-state index contributed by atoms with van der Waals surface area (Å²) in [5.41, 5.74) is 0.361. The molecule has 0 saturated heterocycles. The fourth-order valence-corrected chi connectivity index (χ4v) is 2.02. The minimum atomic E-state index is -2.92. The second-order valence-corrected chi connectivity index (χ2v) is 8.85. The topological polar surface area (TPSA) is 35.5 Å². The molecule has 94 valence electrons. The van der Waals surface area contributed by atoms with Crippen molar-refractivity contribution in [2.45, 2.75) is 26.3 Å². The van der Waals surface area contributed by atoms with Gasteiger partial charge in [-0.1, -0.05) is 0 Å². The lowest BCUT2D eigenvalue weighted by Gasteiger charge is -2.21. The van der Waals surface area contributed by atoms with Crippen LogP contribution in [0.15, 0.2) is 18.2 Å². The van der Waals surface area contributed by atoms with Crippen molar-refractivity contribution < 1.29 is 22.7 Å². The van der Waals surface area contributed by atoms with Gasteiger partial charge < -0.3 is 9.16 Å². The third kappa shape index (κ3) is 4.52. The second-order valence-electron chi connectivity index (χ2n) is 4.42. The van der Waals surface area contributed by atoms with Gasteiger partial charge in [0.15, 0.2) is 5.75 Å². The minimum Gasteiger partial charge on any atom is -0.542 e. The van der Waals surface area contributed by atoms with Crippen LogP contribution in [-0.4, -0.2) is 21.2 Å². The van der Waals surface area contributed by atoms with Crippen molar-refractivity contribution in [3.63, 3.8) is 0 Å². The van der Waals surface area contributed by atoms with Gasteiger partial charge in [-0.3, -0.25) is 4.79 Å². The largest absolute Gasteiger partial charge is 0.542 e. The van der Waals surface area contributed by atoms with Crippen LogP contribution in [0, 0.1) is 0 Å². The van der Waals surface area contributed by atoms with E-state index in [4.69, 9.17) is 4.43 Å². The molecule has 0 heterocycles. The summed E-state index contributed by atoms with van der Waals surface area (Å²) in [6.07, 6.45) is 0.628. The Labute approximate surface area is 99.5 Å². The number of carbonyl (C=O) groups excluding carboxylic acids is 1. The Bertz CT molecular complexity index is 402. The lowest BCUT2D eigenvalue weighted by Crippen LogP contribution is -2.29. The predicted molar refractivity (Wildman–Crippen MR) is 62.4 cm³/mol. The Morgan fingerprint density at radius 2 is 1.88 bits per heavy atom. The van der Waals surface area contributed by atoms with Gasteiger partial charge in [0.1, 0.15) is 12.0 Å². The van der Waals surface area contributed by atoms with E-state index in [1.807, 2.05) is 19.6 Å². The van der Waals surface area contributed by atoms with Gasteiger partial charge >= 0.3 is 6.61 Å². The van der Waals surface area contributed by atoms with Crippen molar-refractivity contribution in [1.29, 1.82) is 0 Å². The Morgan fingerprint density at radius 1 is 1.24 bits per heavy atom. The molecule has 0 saturated carbocycles. The Morgan fingerprint density at radius 3 is 2.35 bits per heavy atom. The van der Waals surface area contributed by atoms with E-state index in [2.05, 4.69) is 4.74 Å². The molecule has 0 amide bonds. The average molecular weight is 260 g/mol. The van der Waals surface area contributed by atoms with Gasteiger partial charge in [0.2, 0.25) is 8.32 Å². The Kier molecular flexibility index (Phi) is 4.22. The highest BCUT2D eigenvalue weighted by Gasteiger charge is 2.20. The molecule has 3 nitrogen and oxygen atoms in total. The first-order valence-electron chi connectivity index (χ1n) is 5.05. The number of hydrogen-bond donors (Lipinski definition) is 0. The van der Waals surface area contributed by atoms with Crippen LogP contribution in [-0.2, 0) is 0 Å². The number of halogens is 2. The van der Waals surface area contributed by atoms with E-state index in [0.717, 1.165) is 0 Å². The maximum Gasteiger partial charge on any atom is 0.387 e. The number of alkyl halides is 2. The molecule has 0 radical (unpaired) electrons. The fourth-order valence-electron chi connectivity index (χ4n) is 1.20. The van der Waals surface area contributed by atoms with Crippen LogP contribution in [0.25, 0.3) is 0 Å². The van der Waals surface area contributed by atoms with Crippen LogP contribution in [0.3, 0.4) is 0 Å². The van der Waals surface area contributed by atoms with Crippen LogP contribution in [0.4, 0.5) is 8.78 Å². The third-order valence-corrected chi connectivity index (χ3v) is 2.57. The summed E-state index contributed by atoms with van der Waals surface area (Å²) in [7, 11) is -1.96. The van der Waals surface area contributed by atoms with Crippen molar-refractivity contribution in [3.05, 3.63) is 23.8 Å². The lowest BCUT2D eigenvalue weighted by atomic mass is 10.2. The van der Waals surface area contributed by atoms with Crippen molar-refractivity contribution in [3.8, 4) is 11.5 Å². The van der Waals surface area contributed by atoms with Crippen molar-refractivity contribution >= 4 is 14.6 Å². The monoisotopic (exact) mass is 260 g/mol. The molecular formula is C11H14F2O3Si. The van der Waals surface area contributed by atoms with Crippen LogP contribution >= 0.6 is 0 Å². The molecule has 0 aliphatic carbocycles. The van der Waals surface area contributed by atoms with E-state index in [-0.39, 0.29) is 11.5 Å². The van der Waals surface area contributed by atoms with Gasteiger partial charge in [-0.15, -0.1) is 0 Å². The lowest BCUT2D eigenvalue weighted by molar-refractivity contribution is -0.0508. The van der Waals surface area contributed by atoms with E-state index < -0.39 is 14.9 Å². The van der Waals surface area contributed by atoms with Crippen molar-refractivity contribution in [1.82, 2.24) is 0 Å².